The molecule has 1 atom stereocenters. The van der Waals surface area contributed by atoms with Crippen molar-refractivity contribution in [3.63, 3.8) is 0 Å². The Kier molecular flexibility index (Phi) is 7.34. The smallest absolute Gasteiger partial charge is 0.408 e. The van der Waals surface area contributed by atoms with Gasteiger partial charge in [-0.1, -0.05) is 54.6 Å². The summed E-state index contributed by atoms with van der Waals surface area (Å²) in [5, 5.41) is 4.73. The van der Waals surface area contributed by atoms with E-state index in [0.29, 0.717) is 6.42 Å². The van der Waals surface area contributed by atoms with Crippen molar-refractivity contribution in [1.29, 1.82) is 0 Å². The summed E-state index contributed by atoms with van der Waals surface area (Å²) in [5.41, 5.74) is 5.75. The van der Waals surface area contributed by atoms with Crippen LogP contribution >= 0.6 is 0 Å². The SMILES string of the molecule is CC(C)(C)OC(=O)NC(/C=C/C(=O)NN1CCc2ccccc21)CCc1ccccc1. The number of alkyl carbamates (subject to hydrolysis) is 1. The molecule has 0 saturated heterocycles. The van der Waals surface area contributed by atoms with Crippen LogP contribution in [0.15, 0.2) is 66.7 Å². The number of carbonyl (C=O) groups excluding carboxylic acids is 2. The molecule has 0 bridgehead atoms. The zero-order chi connectivity index (χ0) is 22.3. The minimum Gasteiger partial charge on any atom is -0.444 e. The van der Waals surface area contributed by atoms with Crippen molar-refractivity contribution in [2.45, 2.75) is 51.7 Å². The highest BCUT2D eigenvalue weighted by Crippen LogP contribution is 2.25. The van der Waals surface area contributed by atoms with Crippen LogP contribution in [-0.4, -0.2) is 30.2 Å². The highest BCUT2D eigenvalue weighted by molar-refractivity contribution is 5.89. The lowest BCUT2D eigenvalue weighted by atomic mass is 10.0. The van der Waals surface area contributed by atoms with Gasteiger partial charge in [0.05, 0.1) is 11.7 Å². The van der Waals surface area contributed by atoms with Crippen molar-refractivity contribution in [3.8, 4) is 0 Å². The maximum atomic E-state index is 12.5. The molecule has 6 nitrogen and oxygen atoms in total. The predicted molar refractivity (Wildman–Crippen MR) is 123 cm³/mol. The van der Waals surface area contributed by atoms with Crippen LogP contribution in [0, 0.1) is 0 Å². The van der Waals surface area contributed by atoms with Crippen molar-refractivity contribution in [3.05, 3.63) is 77.9 Å². The average molecular weight is 422 g/mol. The first-order chi connectivity index (χ1) is 14.8. The lowest BCUT2D eigenvalue weighted by Gasteiger charge is -2.22. The summed E-state index contributed by atoms with van der Waals surface area (Å²) < 4.78 is 5.38. The second-order valence-corrected chi connectivity index (χ2v) is 8.64. The number of carbonyl (C=O) groups is 2. The largest absolute Gasteiger partial charge is 0.444 e. The topological polar surface area (TPSA) is 70.7 Å². The maximum absolute atomic E-state index is 12.5. The second kappa shape index (κ2) is 10.2. The van der Waals surface area contributed by atoms with Crippen LogP contribution < -0.4 is 15.8 Å². The Balaban J connectivity index is 1.61. The molecule has 3 rings (SSSR count). The molecule has 0 aromatic heterocycles. The number of nitrogens with one attached hydrogen (secondary N) is 2. The number of rotatable bonds is 7. The Morgan fingerprint density at radius 1 is 1.10 bits per heavy atom. The molecule has 6 heteroatoms. The van der Waals surface area contributed by atoms with Gasteiger partial charge in [0.25, 0.3) is 5.91 Å². The van der Waals surface area contributed by atoms with Crippen LogP contribution in [0.4, 0.5) is 10.5 Å². The number of nitrogens with zero attached hydrogens (tertiary/aromatic N) is 1. The molecule has 1 heterocycles. The molecule has 1 aliphatic rings. The summed E-state index contributed by atoms with van der Waals surface area (Å²) in [7, 11) is 0. The number of hydrogen-bond acceptors (Lipinski definition) is 4. The van der Waals surface area contributed by atoms with Crippen molar-refractivity contribution in [2.24, 2.45) is 0 Å². The molecule has 0 fully saturated rings. The minimum absolute atomic E-state index is 0.229. The number of hydrazine groups is 1. The Labute approximate surface area is 184 Å². The van der Waals surface area contributed by atoms with E-state index in [1.807, 2.05) is 74.3 Å². The number of ether oxygens (including phenoxy) is 1. The highest BCUT2D eigenvalue weighted by atomic mass is 16.6. The molecule has 0 aliphatic carbocycles. The van der Waals surface area contributed by atoms with Crippen molar-refractivity contribution in [1.82, 2.24) is 10.7 Å². The summed E-state index contributed by atoms with van der Waals surface area (Å²) >= 11 is 0. The van der Waals surface area contributed by atoms with Crippen molar-refractivity contribution < 1.29 is 14.3 Å². The molecule has 0 spiro atoms. The van der Waals surface area contributed by atoms with E-state index in [2.05, 4.69) is 16.8 Å². The fraction of sp³-hybridized carbons (Fsp3) is 0.360. The molecule has 2 aromatic rings. The minimum atomic E-state index is -0.585. The number of para-hydroxylation sites is 1. The lowest BCUT2D eigenvalue weighted by Crippen LogP contribution is -2.41. The summed E-state index contributed by atoms with van der Waals surface area (Å²) in [4.78, 5) is 24.8. The highest BCUT2D eigenvalue weighted by Gasteiger charge is 2.20. The molecular formula is C25H31N3O3. The quantitative estimate of drug-likeness (QED) is 0.659. The number of anilines is 1. The normalized spacial score (nSPS) is 14.2. The Hall–Kier alpha value is -3.28. The van der Waals surface area contributed by atoms with Gasteiger partial charge in [0, 0.05) is 12.6 Å². The maximum Gasteiger partial charge on any atom is 0.408 e. The Morgan fingerprint density at radius 3 is 2.55 bits per heavy atom. The third-order valence-electron chi connectivity index (χ3n) is 4.90. The zero-order valence-electron chi connectivity index (χ0n) is 18.4. The van der Waals surface area contributed by atoms with Crippen LogP contribution in [0.25, 0.3) is 0 Å². The average Bonchev–Trinajstić information content (AvgIpc) is 3.12. The van der Waals surface area contributed by atoms with Gasteiger partial charge in [-0.3, -0.25) is 15.2 Å². The number of benzene rings is 2. The van der Waals surface area contributed by atoms with Crippen LogP contribution in [-0.2, 0) is 22.4 Å². The van der Waals surface area contributed by atoms with E-state index >= 15 is 0 Å². The molecule has 164 valence electrons. The van der Waals surface area contributed by atoms with E-state index in [1.165, 1.54) is 17.2 Å². The molecule has 1 unspecified atom stereocenters. The first-order valence-electron chi connectivity index (χ1n) is 10.7. The fourth-order valence-corrected chi connectivity index (χ4v) is 3.47. The van der Waals surface area contributed by atoms with Crippen LogP contribution in [0.1, 0.15) is 38.3 Å². The predicted octanol–water partition coefficient (Wildman–Crippen LogP) is 4.16. The van der Waals surface area contributed by atoms with Gasteiger partial charge >= 0.3 is 6.09 Å². The summed E-state index contributed by atoms with van der Waals surface area (Å²) in [6.07, 6.45) is 5.04. The standard InChI is InChI=1S/C25H31N3O3/c1-25(2,3)31-24(30)26-21(14-13-19-9-5-4-6-10-19)15-16-23(29)27-28-18-17-20-11-7-8-12-22(20)28/h4-12,15-16,21H,13-14,17-18H2,1-3H3,(H,26,30)(H,27,29)/b16-15+. The van der Waals surface area contributed by atoms with E-state index in [4.69, 9.17) is 4.74 Å². The first-order valence-corrected chi connectivity index (χ1v) is 10.7. The third-order valence-corrected chi connectivity index (χ3v) is 4.90. The van der Waals surface area contributed by atoms with Gasteiger partial charge in [-0.15, -0.1) is 0 Å². The lowest BCUT2D eigenvalue weighted by molar-refractivity contribution is -0.116. The van der Waals surface area contributed by atoms with Crippen LogP contribution in [0.3, 0.4) is 0 Å². The van der Waals surface area contributed by atoms with Crippen LogP contribution in [0.2, 0.25) is 0 Å². The fourth-order valence-electron chi connectivity index (χ4n) is 3.47. The zero-order valence-corrected chi connectivity index (χ0v) is 18.4. The number of fused-ring (bicyclic) bond motifs is 1. The van der Waals surface area contributed by atoms with Gasteiger partial charge in [0.2, 0.25) is 0 Å². The van der Waals surface area contributed by atoms with Gasteiger partial charge < -0.3 is 10.1 Å². The Morgan fingerprint density at radius 2 is 1.81 bits per heavy atom. The number of hydrogen-bond donors (Lipinski definition) is 2. The summed E-state index contributed by atoms with van der Waals surface area (Å²) in [6.45, 7) is 6.21. The van der Waals surface area contributed by atoms with E-state index in [9.17, 15) is 9.59 Å². The molecule has 2 aromatic carbocycles. The number of amides is 2. The molecule has 0 radical (unpaired) electrons. The van der Waals surface area contributed by atoms with Crippen molar-refractivity contribution in [2.75, 3.05) is 11.6 Å². The molecular weight excluding hydrogens is 390 g/mol. The molecule has 2 amide bonds. The monoisotopic (exact) mass is 421 g/mol. The van der Waals surface area contributed by atoms with Crippen molar-refractivity contribution >= 4 is 17.7 Å². The van der Waals surface area contributed by atoms with Gasteiger partial charge in [-0.25, -0.2) is 4.79 Å². The molecule has 0 saturated carbocycles. The molecule has 31 heavy (non-hydrogen) atoms. The van der Waals surface area contributed by atoms with Gasteiger partial charge in [-0.2, -0.15) is 0 Å². The van der Waals surface area contributed by atoms with Gasteiger partial charge in [0.15, 0.2) is 0 Å². The van der Waals surface area contributed by atoms with Gasteiger partial charge in [0.1, 0.15) is 5.60 Å². The van der Waals surface area contributed by atoms with Gasteiger partial charge in [-0.05, 0) is 57.2 Å². The van der Waals surface area contributed by atoms with E-state index < -0.39 is 11.7 Å². The molecule has 2 N–H and O–H groups in total. The second-order valence-electron chi connectivity index (χ2n) is 8.64. The first kappa shape index (κ1) is 22.4. The molecule has 1 aliphatic heterocycles. The summed E-state index contributed by atoms with van der Waals surface area (Å²) in [5.74, 6) is -0.229. The van der Waals surface area contributed by atoms with Crippen LogP contribution in [0.5, 0.6) is 0 Å². The van der Waals surface area contributed by atoms with E-state index in [0.717, 1.165) is 25.1 Å². The summed E-state index contributed by atoms with van der Waals surface area (Å²) in [6, 6.07) is 17.8. The van der Waals surface area contributed by atoms with E-state index in [1.54, 1.807) is 6.08 Å². The number of aryl methyl sites for hydroxylation is 1. The van der Waals surface area contributed by atoms with E-state index in [-0.39, 0.29) is 11.9 Å². The Bertz CT molecular complexity index is 919. The third kappa shape index (κ3) is 7.17.